The Kier molecular flexibility index (Phi) is 2.53. The van der Waals surface area contributed by atoms with Crippen LogP contribution >= 0.6 is 0 Å². The van der Waals surface area contributed by atoms with Crippen molar-refractivity contribution < 1.29 is 20.1 Å². The molecule has 5 unspecified atom stereocenters. The molecule has 0 bridgehead atoms. The highest BCUT2D eigenvalue weighted by atomic mass is 16.6. The number of rotatable bonds is 0. The van der Waals surface area contributed by atoms with Gasteiger partial charge in [-0.1, -0.05) is 0 Å². The van der Waals surface area contributed by atoms with Gasteiger partial charge >= 0.3 is 0 Å². The number of hydrogen-bond acceptors (Lipinski definition) is 5. The van der Waals surface area contributed by atoms with Gasteiger partial charge in [-0.25, -0.2) is 0 Å². The maximum absolute atomic E-state index is 9.59. The number of aliphatic hydroxyl groups is 3. The summed E-state index contributed by atoms with van der Waals surface area (Å²) in [7, 11) is 0. The maximum atomic E-state index is 9.59. The van der Waals surface area contributed by atoms with E-state index in [9.17, 15) is 15.3 Å². The molecule has 0 amide bonds. The van der Waals surface area contributed by atoms with Crippen molar-refractivity contribution >= 4 is 0 Å². The molecule has 0 aromatic carbocycles. The third-order valence-corrected chi connectivity index (χ3v) is 2.77. The smallest absolute Gasteiger partial charge is 0.183 e. The SMILES string of the molecule is OC1OC2CCCNC2C(O)C1O. The molecule has 0 radical (unpaired) electrons. The summed E-state index contributed by atoms with van der Waals surface area (Å²) in [5.41, 5.74) is 0. The van der Waals surface area contributed by atoms with Crippen LogP contribution in [0.15, 0.2) is 0 Å². The average Bonchev–Trinajstić information content (AvgIpc) is 2.15. The van der Waals surface area contributed by atoms with Crippen LogP contribution in [0.4, 0.5) is 0 Å². The van der Waals surface area contributed by atoms with E-state index < -0.39 is 18.5 Å². The second kappa shape index (κ2) is 3.51. The summed E-state index contributed by atoms with van der Waals surface area (Å²) in [6.45, 7) is 0.824. The molecule has 2 heterocycles. The molecule has 0 aromatic rings. The standard InChI is InChI=1S/C8H15NO4/c10-6-5-4(2-1-3-9-5)13-8(12)7(6)11/h4-12H,1-3H2. The lowest BCUT2D eigenvalue weighted by molar-refractivity contribution is -0.261. The lowest BCUT2D eigenvalue weighted by atomic mass is 9.90. The minimum absolute atomic E-state index is 0.179. The van der Waals surface area contributed by atoms with Crippen LogP contribution in [0.1, 0.15) is 12.8 Å². The summed E-state index contributed by atoms with van der Waals surface area (Å²) in [5, 5.41) is 31.2. The third kappa shape index (κ3) is 1.58. The van der Waals surface area contributed by atoms with Gasteiger partial charge in [-0.3, -0.25) is 0 Å². The first-order chi connectivity index (χ1) is 6.20. The fourth-order valence-electron chi connectivity index (χ4n) is 2.02. The molecule has 0 aromatic heterocycles. The number of fused-ring (bicyclic) bond motifs is 1. The molecule has 5 nitrogen and oxygen atoms in total. The fraction of sp³-hybridized carbons (Fsp3) is 1.00. The molecule has 5 atom stereocenters. The first kappa shape index (κ1) is 9.36. The second-order valence-electron chi connectivity index (χ2n) is 3.67. The van der Waals surface area contributed by atoms with Gasteiger partial charge in [0.15, 0.2) is 6.29 Å². The van der Waals surface area contributed by atoms with E-state index in [0.717, 1.165) is 19.4 Å². The van der Waals surface area contributed by atoms with E-state index in [1.165, 1.54) is 0 Å². The van der Waals surface area contributed by atoms with Crippen LogP contribution in [0.3, 0.4) is 0 Å². The van der Waals surface area contributed by atoms with Crippen molar-refractivity contribution in [3.63, 3.8) is 0 Å². The van der Waals surface area contributed by atoms with E-state index in [1.54, 1.807) is 0 Å². The number of aliphatic hydroxyl groups excluding tert-OH is 3. The predicted octanol–water partition coefficient (Wildman–Crippen LogP) is -1.82. The van der Waals surface area contributed by atoms with Gasteiger partial charge in [-0.15, -0.1) is 0 Å². The second-order valence-corrected chi connectivity index (χ2v) is 3.67. The van der Waals surface area contributed by atoms with Crippen LogP contribution in [0.2, 0.25) is 0 Å². The Labute approximate surface area is 76.3 Å². The number of piperidine rings is 1. The molecule has 2 aliphatic rings. The Balaban J connectivity index is 2.08. The zero-order valence-corrected chi connectivity index (χ0v) is 7.26. The van der Waals surface area contributed by atoms with Crippen LogP contribution in [-0.2, 0) is 4.74 Å². The largest absolute Gasteiger partial charge is 0.388 e. The summed E-state index contributed by atoms with van der Waals surface area (Å²) in [4.78, 5) is 0. The van der Waals surface area contributed by atoms with Gasteiger partial charge in [0.2, 0.25) is 0 Å². The van der Waals surface area contributed by atoms with Crippen LogP contribution < -0.4 is 5.32 Å². The molecule has 4 N–H and O–H groups in total. The van der Waals surface area contributed by atoms with Crippen molar-refractivity contribution in [1.82, 2.24) is 5.32 Å². The van der Waals surface area contributed by atoms with Gasteiger partial charge in [0, 0.05) is 0 Å². The molecule has 2 aliphatic heterocycles. The molecule has 0 saturated carbocycles. The van der Waals surface area contributed by atoms with E-state index in [0.29, 0.717) is 0 Å². The lowest BCUT2D eigenvalue weighted by Crippen LogP contribution is -2.64. The third-order valence-electron chi connectivity index (χ3n) is 2.77. The Morgan fingerprint density at radius 1 is 1.15 bits per heavy atom. The predicted molar refractivity (Wildman–Crippen MR) is 43.9 cm³/mol. The van der Waals surface area contributed by atoms with Crippen molar-refractivity contribution in [1.29, 1.82) is 0 Å². The molecule has 2 rings (SSSR count). The minimum atomic E-state index is -1.25. The first-order valence-electron chi connectivity index (χ1n) is 4.63. The lowest BCUT2D eigenvalue weighted by Gasteiger charge is -2.43. The normalized spacial score (nSPS) is 51.5. The van der Waals surface area contributed by atoms with Crippen molar-refractivity contribution in [2.24, 2.45) is 0 Å². The van der Waals surface area contributed by atoms with E-state index in [-0.39, 0.29) is 12.1 Å². The molecule has 13 heavy (non-hydrogen) atoms. The van der Waals surface area contributed by atoms with Crippen LogP contribution in [0.5, 0.6) is 0 Å². The average molecular weight is 189 g/mol. The van der Waals surface area contributed by atoms with Gasteiger partial charge in [-0.05, 0) is 19.4 Å². The topological polar surface area (TPSA) is 82.0 Å². The maximum Gasteiger partial charge on any atom is 0.183 e. The summed E-state index contributed by atoms with van der Waals surface area (Å²) < 4.78 is 5.16. The minimum Gasteiger partial charge on any atom is -0.388 e. The monoisotopic (exact) mass is 189 g/mol. The quantitative estimate of drug-likeness (QED) is 0.360. The van der Waals surface area contributed by atoms with E-state index in [2.05, 4.69) is 5.32 Å². The van der Waals surface area contributed by atoms with Gasteiger partial charge in [0.25, 0.3) is 0 Å². The highest BCUT2D eigenvalue weighted by Crippen LogP contribution is 2.25. The van der Waals surface area contributed by atoms with E-state index in [4.69, 9.17) is 4.74 Å². The summed E-state index contributed by atoms with van der Waals surface area (Å²) >= 11 is 0. The Bertz CT molecular complexity index is 187. The van der Waals surface area contributed by atoms with E-state index >= 15 is 0 Å². The molecule has 0 aliphatic carbocycles. The first-order valence-corrected chi connectivity index (χ1v) is 4.63. The van der Waals surface area contributed by atoms with Crippen LogP contribution in [0, 0.1) is 0 Å². The van der Waals surface area contributed by atoms with Crippen molar-refractivity contribution in [3.05, 3.63) is 0 Å². The summed E-state index contributed by atoms with van der Waals surface area (Å²) in [6.07, 6.45) is -1.78. The highest BCUT2D eigenvalue weighted by Gasteiger charge is 2.44. The Morgan fingerprint density at radius 3 is 2.69 bits per heavy atom. The zero-order chi connectivity index (χ0) is 9.42. The molecular formula is C8H15NO4. The Hall–Kier alpha value is -0.200. The van der Waals surface area contributed by atoms with Crippen molar-refractivity contribution in [2.75, 3.05) is 6.54 Å². The van der Waals surface area contributed by atoms with Gasteiger partial charge in [0.05, 0.1) is 12.1 Å². The van der Waals surface area contributed by atoms with E-state index in [1.807, 2.05) is 0 Å². The van der Waals surface area contributed by atoms with Crippen LogP contribution in [-0.4, -0.2) is 52.5 Å². The van der Waals surface area contributed by atoms with Gasteiger partial charge in [0.1, 0.15) is 12.2 Å². The molecule has 0 spiro atoms. The molecule has 2 fully saturated rings. The summed E-state index contributed by atoms with van der Waals surface area (Å²) in [5.74, 6) is 0. The van der Waals surface area contributed by atoms with Crippen molar-refractivity contribution in [3.8, 4) is 0 Å². The highest BCUT2D eigenvalue weighted by molar-refractivity contribution is 4.95. The number of hydrogen-bond donors (Lipinski definition) is 4. The summed E-state index contributed by atoms with van der Waals surface area (Å²) in [6, 6.07) is -0.243. The van der Waals surface area contributed by atoms with Crippen molar-refractivity contribution in [2.45, 2.75) is 43.5 Å². The molecular weight excluding hydrogens is 174 g/mol. The fourth-order valence-corrected chi connectivity index (χ4v) is 2.02. The molecule has 76 valence electrons. The van der Waals surface area contributed by atoms with Gasteiger partial charge < -0.3 is 25.4 Å². The molecule has 2 saturated heterocycles. The Morgan fingerprint density at radius 2 is 1.92 bits per heavy atom. The zero-order valence-electron chi connectivity index (χ0n) is 7.26. The molecule has 5 heteroatoms. The van der Waals surface area contributed by atoms with Crippen LogP contribution in [0.25, 0.3) is 0 Å². The number of nitrogens with one attached hydrogen (secondary N) is 1. The van der Waals surface area contributed by atoms with Gasteiger partial charge in [-0.2, -0.15) is 0 Å². The number of ether oxygens (including phenoxy) is 1.